The maximum atomic E-state index is 11.8. The first-order chi connectivity index (χ1) is 8.60. The monoisotopic (exact) mass is 279 g/mol. The fourth-order valence-corrected chi connectivity index (χ4v) is 3.25. The van der Waals surface area contributed by atoms with E-state index in [2.05, 4.69) is 9.62 Å². The van der Waals surface area contributed by atoms with Gasteiger partial charge in [0, 0.05) is 32.7 Å². The van der Waals surface area contributed by atoms with Gasteiger partial charge in [-0.2, -0.15) is 12.7 Å². The molecule has 1 N–H and O–H groups in total. The number of hydrogen-bond donors (Lipinski definition) is 1. The second-order valence-electron chi connectivity index (χ2n) is 4.29. The molecule has 18 heavy (non-hydrogen) atoms. The van der Waals surface area contributed by atoms with Gasteiger partial charge in [-0.25, -0.2) is 4.72 Å². The Morgan fingerprint density at radius 1 is 1.22 bits per heavy atom. The number of morpholine rings is 1. The van der Waals surface area contributed by atoms with Crippen molar-refractivity contribution in [3.63, 3.8) is 0 Å². The van der Waals surface area contributed by atoms with Crippen LogP contribution in [0.15, 0.2) is 0 Å². The average molecular weight is 279 g/mol. The van der Waals surface area contributed by atoms with Gasteiger partial charge in [0.2, 0.25) is 0 Å². The van der Waals surface area contributed by atoms with Gasteiger partial charge in [-0.15, -0.1) is 0 Å². The van der Waals surface area contributed by atoms with E-state index in [1.807, 2.05) is 13.8 Å². The maximum Gasteiger partial charge on any atom is 0.279 e. The van der Waals surface area contributed by atoms with E-state index >= 15 is 0 Å². The minimum atomic E-state index is -3.29. The van der Waals surface area contributed by atoms with E-state index in [1.165, 1.54) is 4.31 Å². The molecule has 1 saturated heterocycles. The zero-order valence-electron chi connectivity index (χ0n) is 11.4. The van der Waals surface area contributed by atoms with Crippen LogP contribution in [0.25, 0.3) is 0 Å². The van der Waals surface area contributed by atoms with Gasteiger partial charge in [0.25, 0.3) is 10.2 Å². The third kappa shape index (κ3) is 5.19. The Balaban J connectivity index is 2.20. The lowest BCUT2D eigenvalue weighted by Gasteiger charge is -2.26. The predicted octanol–water partition coefficient (Wildman–Crippen LogP) is -0.115. The lowest BCUT2D eigenvalue weighted by atomic mass is 10.3. The molecule has 6 nitrogen and oxygen atoms in total. The van der Waals surface area contributed by atoms with Crippen LogP contribution >= 0.6 is 0 Å². The summed E-state index contributed by atoms with van der Waals surface area (Å²) in [6.07, 6.45) is 0.834. The number of nitrogens with zero attached hydrogens (tertiary/aromatic N) is 2. The van der Waals surface area contributed by atoms with Gasteiger partial charge in [0.05, 0.1) is 13.2 Å². The predicted molar refractivity (Wildman–Crippen MR) is 71.7 cm³/mol. The van der Waals surface area contributed by atoms with Crippen molar-refractivity contribution in [2.45, 2.75) is 20.3 Å². The van der Waals surface area contributed by atoms with Crippen molar-refractivity contribution in [2.24, 2.45) is 0 Å². The van der Waals surface area contributed by atoms with Crippen LogP contribution in [0.4, 0.5) is 0 Å². The summed E-state index contributed by atoms with van der Waals surface area (Å²) in [5.41, 5.74) is 0. The number of hydrogen-bond acceptors (Lipinski definition) is 4. The Hall–Kier alpha value is -0.210. The largest absolute Gasteiger partial charge is 0.379 e. The molecule has 0 aromatic rings. The highest BCUT2D eigenvalue weighted by Crippen LogP contribution is 1.99. The van der Waals surface area contributed by atoms with E-state index in [4.69, 9.17) is 4.74 Å². The van der Waals surface area contributed by atoms with Gasteiger partial charge in [-0.05, 0) is 13.0 Å². The van der Waals surface area contributed by atoms with Crippen LogP contribution < -0.4 is 4.72 Å². The molecule has 1 rings (SSSR count). The quantitative estimate of drug-likeness (QED) is 0.630. The van der Waals surface area contributed by atoms with Crippen LogP contribution in [0.1, 0.15) is 20.3 Å². The summed E-state index contributed by atoms with van der Waals surface area (Å²) in [6.45, 7) is 9.58. The molecule has 7 heteroatoms. The normalized spacial score (nSPS) is 18.4. The van der Waals surface area contributed by atoms with Crippen molar-refractivity contribution in [3.8, 4) is 0 Å². The van der Waals surface area contributed by atoms with Crippen LogP contribution in [0.3, 0.4) is 0 Å². The highest BCUT2D eigenvalue weighted by atomic mass is 32.2. The van der Waals surface area contributed by atoms with E-state index < -0.39 is 10.2 Å². The van der Waals surface area contributed by atoms with Crippen molar-refractivity contribution >= 4 is 10.2 Å². The van der Waals surface area contributed by atoms with E-state index in [0.717, 1.165) is 39.3 Å². The first-order valence-electron chi connectivity index (χ1n) is 6.65. The number of rotatable bonds is 8. The highest BCUT2D eigenvalue weighted by Gasteiger charge is 2.17. The molecule has 0 aromatic carbocycles. The molecule has 1 aliphatic rings. The molecular formula is C11H25N3O3S. The van der Waals surface area contributed by atoms with E-state index in [-0.39, 0.29) is 0 Å². The first kappa shape index (κ1) is 15.8. The second-order valence-corrected chi connectivity index (χ2v) is 6.05. The molecule has 0 bridgehead atoms. The van der Waals surface area contributed by atoms with Crippen LogP contribution in [0.5, 0.6) is 0 Å². The lowest BCUT2D eigenvalue weighted by molar-refractivity contribution is 0.0376. The Morgan fingerprint density at radius 2 is 1.83 bits per heavy atom. The van der Waals surface area contributed by atoms with E-state index in [1.54, 1.807) is 0 Å². The zero-order chi connectivity index (χ0) is 13.4. The van der Waals surface area contributed by atoms with Gasteiger partial charge in [-0.1, -0.05) is 13.8 Å². The number of ether oxygens (including phenoxy) is 1. The molecule has 0 amide bonds. The molecule has 0 atom stereocenters. The SMILES string of the molecule is CCN(CC)S(=O)(=O)NCCCN1CCOCC1. The fourth-order valence-electron chi connectivity index (χ4n) is 1.98. The van der Waals surface area contributed by atoms with Crippen molar-refractivity contribution in [1.29, 1.82) is 0 Å². The Labute approximate surface area is 110 Å². The van der Waals surface area contributed by atoms with Gasteiger partial charge in [-0.3, -0.25) is 4.90 Å². The van der Waals surface area contributed by atoms with Crippen molar-refractivity contribution in [1.82, 2.24) is 13.9 Å². The third-order valence-corrected chi connectivity index (χ3v) is 4.85. The van der Waals surface area contributed by atoms with Crippen LogP contribution in [-0.4, -0.2) is 70.1 Å². The summed E-state index contributed by atoms with van der Waals surface area (Å²) in [6, 6.07) is 0. The molecule has 0 aliphatic carbocycles. The van der Waals surface area contributed by atoms with Crippen LogP contribution in [0.2, 0.25) is 0 Å². The summed E-state index contributed by atoms with van der Waals surface area (Å²) in [4.78, 5) is 2.30. The molecule has 1 aliphatic heterocycles. The highest BCUT2D eigenvalue weighted by molar-refractivity contribution is 7.87. The third-order valence-electron chi connectivity index (χ3n) is 3.08. The minimum absolute atomic E-state index is 0.496. The molecule has 108 valence electrons. The summed E-state index contributed by atoms with van der Waals surface area (Å²) in [7, 11) is -3.29. The molecule has 0 saturated carbocycles. The molecule has 0 unspecified atom stereocenters. The average Bonchev–Trinajstić information content (AvgIpc) is 2.37. The van der Waals surface area contributed by atoms with Crippen LogP contribution in [-0.2, 0) is 14.9 Å². The standard InChI is InChI=1S/C11H25N3O3S/c1-3-14(4-2)18(15,16)12-6-5-7-13-8-10-17-11-9-13/h12H,3-11H2,1-2H3. The first-order valence-corrected chi connectivity index (χ1v) is 8.09. The van der Waals surface area contributed by atoms with Crippen molar-refractivity contribution in [2.75, 3.05) is 52.5 Å². The van der Waals surface area contributed by atoms with E-state index in [9.17, 15) is 8.42 Å². The molecule has 0 aromatic heterocycles. The lowest BCUT2D eigenvalue weighted by Crippen LogP contribution is -2.42. The zero-order valence-corrected chi connectivity index (χ0v) is 12.2. The topological polar surface area (TPSA) is 61.9 Å². The molecule has 0 spiro atoms. The Bertz CT molecular complexity index is 311. The Kier molecular flexibility index (Phi) is 7.10. The summed E-state index contributed by atoms with van der Waals surface area (Å²) in [5, 5.41) is 0. The second kappa shape index (κ2) is 8.06. The Morgan fingerprint density at radius 3 is 2.39 bits per heavy atom. The molecule has 1 heterocycles. The van der Waals surface area contributed by atoms with E-state index in [0.29, 0.717) is 19.6 Å². The number of nitrogens with one attached hydrogen (secondary N) is 1. The van der Waals surface area contributed by atoms with Gasteiger partial charge in [0.1, 0.15) is 0 Å². The van der Waals surface area contributed by atoms with Gasteiger partial charge in [0.15, 0.2) is 0 Å². The van der Waals surface area contributed by atoms with Crippen molar-refractivity contribution in [3.05, 3.63) is 0 Å². The minimum Gasteiger partial charge on any atom is -0.379 e. The maximum absolute atomic E-state index is 11.8. The fraction of sp³-hybridized carbons (Fsp3) is 1.00. The van der Waals surface area contributed by atoms with Gasteiger partial charge >= 0.3 is 0 Å². The summed E-state index contributed by atoms with van der Waals surface area (Å²) < 4.78 is 33.0. The molecular weight excluding hydrogens is 254 g/mol. The van der Waals surface area contributed by atoms with Crippen LogP contribution in [0, 0.1) is 0 Å². The molecule has 1 fully saturated rings. The smallest absolute Gasteiger partial charge is 0.279 e. The van der Waals surface area contributed by atoms with Gasteiger partial charge < -0.3 is 4.74 Å². The summed E-state index contributed by atoms with van der Waals surface area (Å²) >= 11 is 0. The van der Waals surface area contributed by atoms with Crippen molar-refractivity contribution < 1.29 is 13.2 Å². The molecule has 0 radical (unpaired) electrons. The summed E-state index contributed by atoms with van der Waals surface area (Å²) in [5.74, 6) is 0.